The number of hydrogen-bond acceptors (Lipinski definition) is 4. The molecule has 0 aromatic carbocycles. The van der Waals surface area contributed by atoms with Crippen LogP contribution in [0.3, 0.4) is 0 Å². The number of ether oxygens (including phenoxy) is 1. The van der Waals surface area contributed by atoms with Gasteiger partial charge >= 0.3 is 5.97 Å². The molecular weight excluding hydrogens is 232 g/mol. The highest BCUT2D eigenvalue weighted by Gasteiger charge is 2.01. The summed E-state index contributed by atoms with van der Waals surface area (Å²) in [7, 11) is 0. The molecule has 0 bridgehead atoms. The molecule has 0 aromatic heterocycles. The first kappa shape index (κ1) is 16.9. The number of esters is 1. The van der Waals surface area contributed by atoms with E-state index in [2.05, 4.69) is 10.6 Å². The molecule has 0 atom stereocenters. The quantitative estimate of drug-likeness (QED) is 0.432. The first-order valence-corrected chi connectivity index (χ1v) is 6.83. The number of unbranched alkanes of at least 4 members (excludes halogenated alkanes) is 2. The highest BCUT2D eigenvalue weighted by molar-refractivity contribution is 5.75. The Morgan fingerprint density at radius 3 is 2.44 bits per heavy atom. The van der Waals surface area contributed by atoms with Crippen molar-refractivity contribution in [2.24, 2.45) is 0 Å². The zero-order chi connectivity index (χ0) is 13.6. The third-order valence-corrected chi connectivity index (χ3v) is 2.44. The Kier molecular flexibility index (Phi) is 11.6. The van der Waals surface area contributed by atoms with E-state index in [-0.39, 0.29) is 11.9 Å². The molecule has 0 fully saturated rings. The molecule has 0 aromatic rings. The van der Waals surface area contributed by atoms with Crippen LogP contribution in [0.5, 0.6) is 0 Å². The maximum Gasteiger partial charge on any atom is 0.305 e. The van der Waals surface area contributed by atoms with Crippen molar-refractivity contribution in [3.8, 4) is 0 Å². The lowest BCUT2D eigenvalue weighted by molar-refractivity contribution is -0.143. The predicted octanol–water partition coefficient (Wildman–Crippen LogP) is 1.23. The normalized spacial score (nSPS) is 10.1. The van der Waals surface area contributed by atoms with Crippen molar-refractivity contribution in [2.75, 3.05) is 26.2 Å². The van der Waals surface area contributed by atoms with E-state index in [1.165, 1.54) is 0 Å². The van der Waals surface area contributed by atoms with Crippen LogP contribution in [0.2, 0.25) is 0 Å². The molecular formula is C13H26N2O3. The van der Waals surface area contributed by atoms with E-state index in [1.807, 2.05) is 13.8 Å². The van der Waals surface area contributed by atoms with E-state index in [4.69, 9.17) is 4.74 Å². The summed E-state index contributed by atoms with van der Waals surface area (Å²) in [5.41, 5.74) is 0. The Hall–Kier alpha value is -1.10. The Bertz CT molecular complexity index is 208. The van der Waals surface area contributed by atoms with Crippen molar-refractivity contribution in [1.29, 1.82) is 0 Å². The molecule has 2 N–H and O–H groups in total. The fourth-order valence-electron chi connectivity index (χ4n) is 1.54. The topological polar surface area (TPSA) is 67.4 Å². The first-order valence-electron chi connectivity index (χ1n) is 6.83. The molecule has 5 nitrogen and oxygen atoms in total. The van der Waals surface area contributed by atoms with Gasteiger partial charge in [0.15, 0.2) is 0 Å². The predicted molar refractivity (Wildman–Crippen MR) is 71.3 cm³/mol. The monoisotopic (exact) mass is 258 g/mol. The number of carbonyl (C=O) groups is 2. The third kappa shape index (κ3) is 11.4. The second-order valence-electron chi connectivity index (χ2n) is 4.07. The molecule has 0 rings (SSSR count). The molecule has 0 unspecified atom stereocenters. The van der Waals surface area contributed by atoms with Gasteiger partial charge in [0.1, 0.15) is 0 Å². The summed E-state index contributed by atoms with van der Waals surface area (Å²) in [5.74, 6) is -0.0194. The number of rotatable bonds is 11. The second kappa shape index (κ2) is 12.4. The maximum absolute atomic E-state index is 11.1. The second-order valence-corrected chi connectivity index (χ2v) is 4.07. The lowest BCUT2D eigenvalue weighted by Crippen LogP contribution is -2.27. The highest BCUT2D eigenvalue weighted by Crippen LogP contribution is 2.00. The van der Waals surface area contributed by atoms with Gasteiger partial charge in [-0.3, -0.25) is 9.59 Å². The van der Waals surface area contributed by atoms with E-state index >= 15 is 0 Å². The van der Waals surface area contributed by atoms with Gasteiger partial charge in [0.2, 0.25) is 5.91 Å². The van der Waals surface area contributed by atoms with Crippen LogP contribution in [0.15, 0.2) is 0 Å². The minimum Gasteiger partial charge on any atom is -0.466 e. The molecule has 5 heteroatoms. The maximum atomic E-state index is 11.1. The lowest BCUT2D eigenvalue weighted by atomic mass is 10.2. The fraction of sp³-hybridized carbons (Fsp3) is 0.846. The average Bonchev–Trinajstić information content (AvgIpc) is 2.33. The average molecular weight is 258 g/mol. The van der Waals surface area contributed by atoms with Crippen LogP contribution in [0, 0.1) is 0 Å². The van der Waals surface area contributed by atoms with Crippen molar-refractivity contribution in [2.45, 2.75) is 46.0 Å². The highest BCUT2D eigenvalue weighted by atomic mass is 16.5. The van der Waals surface area contributed by atoms with Crippen molar-refractivity contribution in [3.63, 3.8) is 0 Å². The van der Waals surface area contributed by atoms with E-state index in [0.29, 0.717) is 32.5 Å². The summed E-state index contributed by atoms with van der Waals surface area (Å²) in [4.78, 5) is 22.1. The van der Waals surface area contributed by atoms with Gasteiger partial charge in [-0.15, -0.1) is 0 Å². The van der Waals surface area contributed by atoms with Gasteiger partial charge in [-0.25, -0.2) is 0 Å². The molecule has 0 aliphatic rings. The number of hydrogen-bond donors (Lipinski definition) is 2. The minimum atomic E-state index is -0.110. The SMILES string of the molecule is CCNC(=O)CCNCCCCCC(=O)OCC. The number of amides is 1. The number of carbonyl (C=O) groups excluding carboxylic acids is 2. The standard InChI is InChI=1S/C13H26N2O3/c1-3-15-12(16)9-11-14-10-7-5-6-8-13(17)18-4-2/h14H,3-11H2,1-2H3,(H,15,16). The van der Waals surface area contributed by atoms with Crippen LogP contribution in [0.1, 0.15) is 46.0 Å². The van der Waals surface area contributed by atoms with Crippen molar-refractivity contribution in [1.82, 2.24) is 10.6 Å². The molecule has 1 amide bonds. The van der Waals surface area contributed by atoms with Gasteiger partial charge in [-0.2, -0.15) is 0 Å². The summed E-state index contributed by atoms with van der Waals surface area (Å²) in [5, 5.41) is 5.96. The molecule has 18 heavy (non-hydrogen) atoms. The van der Waals surface area contributed by atoms with Crippen molar-refractivity contribution < 1.29 is 14.3 Å². The molecule has 0 saturated carbocycles. The van der Waals surface area contributed by atoms with E-state index in [1.54, 1.807) is 0 Å². The van der Waals surface area contributed by atoms with Gasteiger partial charge in [0.05, 0.1) is 6.61 Å². The van der Waals surface area contributed by atoms with Crippen LogP contribution in [-0.2, 0) is 14.3 Å². The molecule has 0 radical (unpaired) electrons. The van der Waals surface area contributed by atoms with Crippen LogP contribution in [0.4, 0.5) is 0 Å². The minimum absolute atomic E-state index is 0.0901. The van der Waals surface area contributed by atoms with Gasteiger partial charge in [-0.05, 0) is 33.2 Å². The lowest BCUT2D eigenvalue weighted by Gasteiger charge is -2.05. The Morgan fingerprint density at radius 1 is 1.00 bits per heavy atom. The summed E-state index contributed by atoms with van der Waals surface area (Å²) >= 11 is 0. The van der Waals surface area contributed by atoms with Crippen LogP contribution < -0.4 is 10.6 Å². The zero-order valence-electron chi connectivity index (χ0n) is 11.6. The van der Waals surface area contributed by atoms with Gasteiger partial charge < -0.3 is 15.4 Å². The number of nitrogens with one attached hydrogen (secondary N) is 2. The summed E-state index contributed by atoms with van der Waals surface area (Å²) in [6, 6.07) is 0. The van der Waals surface area contributed by atoms with Crippen LogP contribution in [0.25, 0.3) is 0 Å². The van der Waals surface area contributed by atoms with Crippen molar-refractivity contribution >= 4 is 11.9 Å². The van der Waals surface area contributed by atoms with Crippen molar-refractivity contribution in [3.05, 3.63) is 0 Å². The van der Waals surface area contributed by atoms with Gasteiger partial charge in [0, 0.05) is 25.9 Å². The Morgan fingerprint density at radius 2 is 1.78 bits per heavy atom. The van der Waals surface area contributed by atoms with Gasteiger partial charge in [-0.1, -0.05) is 6.42 Å². The largest absolute Gasteiger partial charge is 0.466 e. The van der Waals surface area contributed by atoms with Gasteiger partial charge in [0.25, 0.3) is 0 Å². The summed E-state index contributed by atoms with van der Waals surface area (Å²) < 4.78 is 4.84. The molecule has 0 saturated heterocycles. The molecule has 106 valence electrons. The molecule has 0 aliphatic heterocycles. The third-order valence-electron chi connectivity index (χ3n) is 2.44. The van der Waals surface area contributed by atoms with Crippen LogP contribution in [-0.4, -0.2) is 38.1 Å². The zero-order valence-corrected chi connectivity index (χ0v) is 11.6. The van der Waals surface area contributed by atoms with E-state index in [9.17, 15) is 9.59 Å². The Labute approximate surface area is 110 Å². The first-order chi connectivity index (χ1) is 8.70. The summed E-state index contributed by atoms with van der Waals surface area (Å²) in [6.45, 7) is 6.48. The molecule has 0 heterocycles. The Balaban J connectivity index is 3.16. The van der Waals surface area contributed by atoms with Crippen LogP contribution >= 0.6 is 0 Å². The van der Waals surface area contributed by atoms with E-state index in [0.717, 1.165) is 25.8 Å². The molecule has 0 spiro atoms. The van der Waals surface area contributed by atoms with E-state index < -0.39 is 0 Å². The fourth-order valence-corrected chi connectivity index (χ4v) is 1.54. The summed E-state index contributed by atoms with van der Waals surface area (Å²) in [6.07, 6.45) is 3.93. The molecule has 0 aliphatic carbocycles. The smallest absolute Gasteiger partial charge is 0.305 e.